The monoisotopic (exact) mass is 353 g/mol. The number of amides is 2. The van der Waals surface area contributed by atoms with Crippen LogP contribution in [-0.4, -0.2) is 36.0 Å². The highest BCUT2D eigenvalue weighted by Crippen LogP contribution is 2.36. The van der Waals surface area contributed by atoms with Gasteiger partial charge in [-0.3, -0.25) is 9.59 Å². The van der Waals surface area contributed by atoms with E-state index in [4.69, 9.17) is 0 Å². The van der Waals surface area contributed by atoms with Gasteiger partial charge in [0.15, 0.2) is 0 Å². The fraction of sp³-hybridized carbons (Fsp3) is 0.300. The van der Waals surface area contributed by atoms with Crippen LogP contribution in [0, 0.1) is 5.82 Å². The van der Waals surface area contributed by atoms with Crippen molar-refractivity contribution in [2.75, 3.05) is 23.3 Å². The van der Waals surface area contributed by atoms with Crippen LogP contribution in [0.15, 0.2) is 42.5 Å². The summed E-state index contributed by atoms with van der Waals surface area (Å²) >= 11 is 0. The quantitative estimate of drug-likeness (QED) is 0.919. The van der Waals surface area contributed by atoms with Crippen molar-refractivity contribution in [1.29, 1.82) is 0 Å². The molecule has 0 spiro atoms. The van der Waals surface area contributed by atoms with Crippen molar-refractivity contribution in [3.63, 3.8) is 0 Å². The van der Waals surface area contributed by atoms with Crippen LogP contribution in [0.25, 0.3) is 0 Å². The fourth-order valence-corrected chi connectivity index (χ4v) is 3.83. The number of nitrogens with one attached hydrogen (secondary N) is 1. The Labute approximate surface area is 151 Å². The average Bonchev–Trinajstić information content (AvgIpc) is 3.13. The molecule has 2 aromatic carbocycles. The summed E-state index contributed by atoms with van der Waals surface area (Å²) in [6.07, 6.45) is 2.03. The average molecular weight is 353 g/mol. The molecule has 1 atom stereocenters. The number of hydrogen-bond acceptors (Lipinski definition) is 3. The Kier molecular flexibility index (Phi) is 4.11. The summed E-state index contributed by atoms with van der Waals surface area (Å²) in [6.45, 7) is 3.61. The smallest absolute Gasteiger partial charge is 0.257 e. The van der Waals surface area contributed by atoms with Crippen molar-refractivity contribution in [3.05, 3.63) is 59.4 Å². The molecule has 2 aliphatic rings. The van der Waals surface area contributed by atoms with Gasteiger partial charge in [-0.2, -0.15) is 0 Å². The second kappa shape index (κ2) is 6.44. The normalized spacial score (nSPS) is 18.5. The summed E-state index contributed by atoms with van der Waals surface area (Å²) in [6, 6.07) is 10.8. The Morgan fingerprint density at radius 3 is 2.73 bits per heavy atom. The van der Waals surface area contributed by atoms with E-state index in [0.29, 0.717) is 16.8 Å². The van der Waals surface area contributed by atoms with Crippen LogP contribution >= 0.6 is 0 Å². The number of nitrogens with zero attached hydrogens (tertiary/aromatic N) is 2. The Balaban J connectivity index is 1.65. The Hall–Kier alpha value is -2.89. The first-order valence-corrected chi connectivity index (χ1v) is 8.87. The van der Waals surface area contributed by atoms with Crippen molar-refractivity contribution in [3.8, 4) is 0 Å². The number of rotatable bonds is 3. The zero-order valence-electron chi connectivity index (χ0n) is 14.5. The van der Waals surface area contributed by atoms with Gasteiger partial charge in [-0.1, -0.05) is 0 Å². The Morgan fingerprint density at radius 2 is 2.00 bits per heavy atom. The van der Waals surface area contributed by atoms with E-state index >= 15 is 0 Å². The minimum atomic E-state index is -0.352. The Morgan fingerprint density at radius 1 is 1.23 bits per heavy atom. The molecular weight excluding hydrogens is 333 g/mol. The molecule has 4 rings (SSSR count). The van der Waals surface area contributed by atoms with Gasteiger partial charge in [0.2, 0.25) is 0 Å². The van der Waals surface area contributed by atoms with Crippen molar-refractivity contribution < 1.29 is 14.0 Å². The van der Waals surface area contributed by atoms with Gasteiger partial charge < -0.3 is 15.1 Å². The molecule has 134 valence electrons. The van der Waals surface area contributed by atoms with Gasteiger partial charge >= 0.3 is 0 Å². The predicted octanol–water partition coefficient (Wildman–Crippen LogP) is 3.48. The van der Waals surface area contributed by atoms with Gasteiger partial charge in [-0.25, -0.2) is 4.39 Å². The van der Waals surface area contributed by atoms with E-state index in [2.05, 4.69) is 17.1 Å². The minimum absolute atomic E-state index is 0.0395. The van der Waals surface area contributed by atoms with Crippen molar-refractivity contribution in [2.45, 2.75) is 25.9 Å². The highest BCUT2D eigenvalue weighted by molar-refractivity contribution is 6.08. The molecule has 2 aromatic rings. The van der Waals surface area contributed by atoms with Gasteiger partial charge in [0, 0.05) is 24.3 Å². The van der Waals surface area contributed by atoms with Gasteiger partial charge in [0.25, 0.3) is 11.8 Å². The molecule has 0 radical (unpaired) electrons. The molecule has 5 nitrogen and oxygen atoms in total. The molecule has 1 fully saturated rings. The van der Waals surface area contributed by atoms with E-state index in [-0.39, 0.29) is 23.8 Å². The lowest BCUT2D eigenvalue weighted by molar-refractivity contribution is 0.0715. The third kappa shape index (κ3) is 2.71. The summed E-state index contributed by atoms with van der Waals surface area (Å²) < 4.78 is 13.0. The summed E-state index contributed by atoms with van der Waals surface area (Å²) in [5, 5.41) is 2.76. The molecule has 1 unspecified atom stereocenters. The number of anilines is 2. The largest absolute Gasteiger partial charge is 0.351 e. The van der Waals surface area contributed by atoms with Gasteiger partial charge in [-0.15, -0.1) is 0 Å². The summed E-state index contributed by atoms with van der Waals surface area (Å²) in [4.78, 5) is 29.4. The van der Waals surface area contributed by atoms with Crippen molar-refractivity contribution in [2.24, 2.45) is 0 Å². The topological polar surface area (TPSA) is 52.7 Å². The van der Waals surface area contributed by atoms with Crippen LogP contribution in [0.5, 0.6) is 0 Å². The first-order valence-electron chi connectivity index (χ1n) is 8.87. The molecule has 0 bridgehead atoms. The second-order valence-corrected chi connectivity index (χ2v) is 6.60. The maximum Gasteiger partial charge on any atom is 0.257 e. The van der Waals surface area contributed by atoms with Crippen LogP contribution in [0.4, 0.5) is 15.8 Å². The van der Waals surface area contributed by atoms with Gasteiger partial charge in [0.1, 0.15) is 12.0 Å². The maximum atomic E-state index is 13.0. The molecule has 26 heavy (non-hydrogen) atoms. The Bertz CT molecular complexity index is 866. The lowest BCUT2D eigenvalue weighted by Gasteiger charge is -2.41. The SMILES string of the molecule is CCN1c2cc(C(=O)Nc3ccc(F)cc3)ccc2C(=O)N2CCCC21. The highest BCUT2D eigenvalue weighted by Gasteiger charge is 2.39. The first-order chi connectivity index (χ1) is 12.6. The molecule has 0 saturated carbocycles. The summed E-state index contributed by atoms with van der Waals surface area (Å²) in [5.74, 6) is -0.593. The van der Waals surface area contributed by atoms with Crippen LogP contribution in [0.3, 0.4) is 0 Å². The lowest BCUT2D eigenvalue weighted by atomic mass is 10.0. The zero-order valence-corrected chi connectivity index (χ0v) is 14.5. The van der Waals surface area contributed by atoms with Crippen molar-refractivity contribution >= 4 is 23.2 Å². The third-order valence-electron chi connectivity index (χ3n) is 5.08. The van der Waals surface area contributed by atoms with E-state index < -0.39 is 0 Å². The molecule has 6 heteroatoms. The molecule has 2 heterocycles. The van der Waals surface area contributed by atoms with Crippen LogP contribution in [-0.2, 0) is 0 Å². The number of halogens is 1. The summed E-state index contributed by atoms with van der Waals surface area (Å²) in [7, 11) is 0. The minimum Gasteiger partial charge on any atom is -0.351 e. The van der Waals surface area contributed by atoms with E-state index in [1.165, 1.54) is 24.3 Å². The number of carbonyl (C=O) groups excluding carboxylic acids is 2. The molecule has 0 aromatic heterocycles. The third-order valence-corrected chi connectivity index (χ3v) is 5.08. The number of benzene rings is 2. The number of carbonyl (C=O) groups is 2. The number of hydrogen-bond donors (Lipinski definition) is 1. The molecular formula is C20H20FN3O2. The highest BCUT2D eigenvalue weighted by atomic mass is 19.1. The second-order valence-electron chi connectivity index (χ2n) is 6.60. The van der Waals surface area contributed by atoms with Crippen LogP contribution in [0.2, 0.25) is 0 Å². The van der Waals surface area contributed by atoms with Crippen molar-refractivity contribution in [1.82, 2.24) is 4.90 Å². The predicted molar refractivity (Wildman–Crippen MR) is 97.9 cm³/mol. The molecule has 2 amide bonds. The molecule has 2 aliphatic heterocycles. The summed E-state index contributed by atoms with van der Waals surface area (Å²) in [5.41, 5.74) is 2.46. The van der Waals surface area contributed by atoms with Gasteiger partial charge in [-0.05, 0) is 62.2 Å². The maximum absolute atomic E-state index is 13.0. The zero-order chi connectivity index (χ0) is 18.3. The molecule has 1 saturated heterocycles. The number of fused-ring (bicyclic) bond motifs is 2. The van der Waals surface area contributed by atoms with E-state index in [1.807, 2.05) is 4.90 Å². The standard InChI is InChI=1S/C20H20FN3O2/c1-2-23-17-12-13(19(25)22-15-8-6-14(21)7-9-15)5-10-16(17)20(26)24-11-3-4-18(23)24/h5-10,12,18H,2-4,11H2,1H3,(H,22,25). The fourth-order valence-electron chi connectivity index (χ4n) is 3.83. The molecule has 1 N–H and O–H groups in total. The van der Waals surface area contributed by atoms with E-state index in [9.17, 15) is 14.0 Å². The van der Waals surface area contributed by atoms with E-state index in [0.717, 1.165) is 31.6 Å². The van der Waals surface area contributed by atoms with Crippen LogP contribution < -0.4 is 10.2 Å². The molecule has 0 aliphatic carbocycles. The van der Waals surface area contributed by atoms with Gasteiger partial charge in [0.05, 0.1) is 11.3 Å². The lowest BCUT2D eigenvalue weighted by Crippen LogP contribution is -2.52. The van der Waals surface area contributed by atoms with E-state index in [1.54, 1.807) is 18.2 Å². The van der Waals surface area contributed by atoms with Crippen LogP contribution in [0.1, 0.15) is 40.5 Å². The first kappa shape index (κ1) is 16.6.